The summed E-state index contributed by atoms with van der Waals surface area (Å²) in [6.45, 7) is 4.58. The third kappa shape index (κ3) is 2.28. The molecule has 4 nitrogen and oxygen atoms in total. The second kappa shape index (κ2) is 4.63. The third-order valence-corrected chi connectivity index (χ3v) is 3.59. The quantitative estimate of drug-likeness (QED) is 0.823. The zero-order chi connectivity index (χ0) is 12.5. The molecular weight excluding hydrogens is 216 g/mol. The number of nitrogens with zero attached hydrogens (tertiary/aromatic N) is 1. The minimum absolute atomic E-state index is 0.396. The van der Waals surface area contributed by atoms with Gasteiger partial charge < -0.3 is 15.6 Å². The Morgan fingerprint density at radius 1 is 1.53 bits per heavy atom. The summed E-state index contributed by atoms with van der Waals surface area (Å²) in [6.07, 6.45) is 3.93. The molecule has 0 aromatic carbocycles. The first-order valence-electron chi connectivity index (χ1n) is 6.07. The van der Waals surface area contributed by atoms with E-state index in [0.29, 0.717) is 18.0 Å². The topological polar surface area (TPSA) is 68.4 Å². The number of ether oxygens (including phenoxy) is 1. The van der Waals surface area contributed by atoms with Crippen LogP contribution >= 0.6 is 0 Å². The smallest absolute Gasteiger partial charge is 0.129 e. The van der Waals surface area contributed by atoms with Gasteiger partial charge in [0.25, 0.3) is 0 Å². The fourth-order valence-corrected chi connectivity index (χ4v) is 2.42. The van der Waals surface area contributed by atoms with Crippen LogP contribution in [0.3, 0.4) is 0 Å². The number of hydrogen-bond acceptors (Lipinski definition) is 4. The molecule has 94 valence electrons. The number of rotatable bonds is 2. The van der Waals surface area contributed by atoms with E-state index in [4.69, 9.17) is 10.5 Å². The number of hydrogen-bond donors (Lipinski definition) is 2. The van der Waals surface area contributed by atoms with E-state index in [9.17, 15) is 5.11 Å². The molecule has 17 heavy (non-hydrogen) atoms. The molecular formula is C13H20N2O2. The number of nitrogens with two attached hydrogens (primary N) is 1. The minimum atomic E-state index is -0.712. The molecule has 0 bridgehead atoms. The Morgan fingerprint density at radius 3 is 2.88 bits per heavy atom. The number of aryl methyl sites for hydroxylation is 1. The van der Waals surface area contributed by atoms with Crippen LogP contribution in [0.2, 0.25) is 0 Å². The van der Waals surface area contributed by atoms with Crippen molar-refractivity contribution in [2.45, 2.75) is 44.8 Å². The largest absolute Gasteiger partial charge is 0.385 e. The molecule has 0 radical (unpaired) electrons. The van der Waals surface area contributed by atoms with Crippen molar-refractivity contribution in [2.24, 2.45) is 0 Å². The maximum atomic E-state index is 10.5. The molecule has 2 rings (SSSR count). The lowest BCUT2D eigenvalue weighted by Gasteiger charge is -2.38. The average molecular weight is 236 g/mol. The van der Waals surface area contributed by atoms with Gasteiger partial charge >= 0.3 is 0 Å². The third-order valence-electron chi connectivity index (χ3n) is 3.59. The van der Waals surface area contributed by atoms with E-state index in [1.54, 1.807) is 6.20 Å². The van der Waals surface area contributed by atoms with Crippen LogP contribution in [0, 0.1) is 6.92 Å². The molecule has 0 saturated carbocycles. The number of aromatic nitrogens is 1. The van der Waals surface area contributed by atoms with Crippen molar-refractivity contribution in [1.29, 1.82) is 0 Å². The summed E-state index contributed by atoms with van der Waals surface area (Å²) in [4.78, 5) is 4.05. The highest BCUT2D eigenvalue weighted by Crippen LogP contribution is 2.39. The molecule has 1 aromatic heterocycles. The molecule has 1 aromatic rings. The first-order chi connectivity index (χ1) is 8.04. The Morgan fingerprint density at radius 2 is 2.29 bits per heavy atom. The van der Waals surface area contributed by atoms with Gasteiger partial charge in [0.1, 0.15) is 11.9 Å². The highest BCUT2D eigenvalue weighted by Gasteiger charge is 2.38. The highest BCUT2D eigenvalue weighted by atomic mass is 16.5. The van der Waals surface area contributed by atoms with E-state index in [1.165, 1.54) is 0 Å². The van der Waals surface area contributed by atoms with Crippen molar-refractivity contribution >= 4 is 5.82 Å². The Bertz CT molecular complexity index is 380. The summed E-state index contributed by atoms with van der Waals surface area (Å²) in [5.41, 5.74) is 6.98. The van der Waals surface area contributed by atoms with Crippen molar-refractivity contribution < 1.29 is 9.84 Å². The Hall–Kier alpha value is -1.13. The molecule has 1 saturated heterocycles. The Kier molecular flexibility index (Phi) is 3.35. The van der Waals surface area contributed by atoms with Gasteiger partial charge in [-0.05, 0) is 44.7 Å². The predicted molar refractivity (Wildman–Crippen MR) is 66.6 cm³/mol. The summed E-state index contributed by atoms with van der Waals surface area (Å²) in [5.74, 6) is 0.396. The molecule has 2 heterocycles. The summed E-state index contributed by atoms with van der Waals surface area (Å²) >= 11 is 0. The van der Waals surface area contributed by atoms with E-state index in [2.05, 4.69) is 4.98 Å². The van der Waals surface area contributed by atoms with Gasteiger partial charge in [0.15, 0.2) is 0 Å². The standard InChI is InChI=1S/C13H20N2O2/c1-9-5-7-15-12(14)10(9)11(16)13(2)6-3-4-8-17-13/h5,7,11,16H,3-4,6,8H2,1-2H3,(H2,14,15). The van der Waals surface area contributed by atoms with Crippen LogP contribution in [-0.2, 0) is 4.74 Å². The maximum absolute atomic E-state index is 10.5. The van der Waals surface area contributed by atoms with Crippen molar-refractivity contribution in [1.82, 2.24) is 4.98 Å². The lowest BCUT2D eigenvalue weighted by Crippen LogP contribution is -2.40. The molecule has 1 fully saturated rings. The summed E-state index contributed by atoms with van der Waals surface area (Å²) in [6, 6.07) is 1.86. The molecule has 3 N–H and O–H groups in total. The monoisotopic (exact) mass is 236 g/mol. The maximum Gasteiger partial charge on any atom is 0.129 e. The van der Waals surface area contributed by atoms with Crippen LogP contribution in [0.25, 0.3) is 0 Å². The fourth-order valence-electron chi connectivity index (χ4n) is 2.42. The summed E-state index contributed by atoms with van der Waals surface area (Å²) < 4.78 is 5.76. The van der Waals surface area contributed by atoms with Crippen LogP contribution in [0.5, 0.6) is 0 Å². The lowest BCUT2D eigenvalue weighted by molar-refractivity contribution is -0.138. The molecule has 2 unspecified atom stereocenters. The van der Waals surface area contributed by atoms with E-state index in [-0.39, 0.29) is 0 Å². The zero-order valence-corrected chi connectivity index (χ0v) is 10.4. The normalized spacial score (nSPS) is 26.8. The Balaban J connectivity index is 2.32. The average Bonchev–Trinajstić information content (AvgIpc) is 2.29. The molecule has 1 aliphatic heterocycles. The van der Waals surface area contributed by atoms with Gasteiger partial charge in [-0.2, -0.15) is 0 Å². The van der Waals surface area contributed by atoms with Crippen LogP contribution in [0.15, 0.2) is 12.3 Å². The highest BCUT2D eigenvalue weighted by molar-refractivity contribution is 5.46. The molecule has 4 heteroatoms. The number of aliphatic hydroxyl groups excluding tert-OH is 1. The van der Waals surface area contributed by atoms with Crippen LogP contribution in [0.4, 0.5) is 5.82 Å². The second-order valence-corrected chi connectivity index (χ2v) is 4.95. The van der Waals surface area contributed by atoms with Gasteiger partial charge in [0, 0.05) is 18.4 Å². The summed E-state index contributed by atoms with van der Waals surface area (Å²) in [7, 11) is 0. The first kappa shape index (κ1) is 12.3. The van der Waals surface area contributed by atoms with Gasteiger partial charge in [-0.1, -0.05) is 0 Å². The fraction of sp³-hybridized carbons (Fsp3) is 0.615. The first-order valence-corrected chi connectivity index (χ1v) is 6.07. The zero-order valence-electron chi connectivity index (χ0n) is 10.4. The van der Waals surface area contributed by atoms with Gasteiger partial charge in [-0.3, -0.25) is 0 Å². The van der Waals surface area contributed by atoms with E-state index < -0.39 is 11.7 Å². The van der Waals surface area contributed by atoms with E-state index >= 15 is 0 Å². The van der Waals surface area contributed by atoms with Crippen molar-refractivity contribution in [2.75, 3.05) is 12.3 Å². The SMILES string of the molecule is Cc1ccnc(N)c1C(O)C1(C)CCCCO1. The second-order valence-electron chi connectivity index (χ2n) is 4.95. The van der Waals surface area contributed by atoms with Gasteiger partial charge in [0.05, 0.1) is 5.60 Å². The van der Waals surface area contributed by atoms with Crippen LogP contribution < -0.4 is 5.73 Å². The lowest BCUT2D eigenvalue weighted by atomic mass is 9.85. The van der Waals surface area contributed by atoms with E-state index in [1.807, 2.05) is 19.9 Å². The number of nitrogen functional groups attached to an aromatic ring is 1. The van der Waals surface area contributed by atoms with E-state index in [0.717, 1.165) is 24.8 Å². The molecule has 0 amide bonds. The van der Waals surface area contributed by atoms with Crippen molar-refractivity contribution in [3.63, 3.8) is 0 Å². The van der Waals surface area contributed by atoms with Crippen molar-refractivity contribution in [3.8, 4) is 0 Å². The molecule has 2 atom stereocenters. The Labute approximate surface area is 102 Å². The van der Waals surface area contributed by atoms with Crippen LogP contribution in [-0.4, -0.2) is 22.3 Å². The predicted octanol–water partition coefficient (Wildman–Crippen LogP) is 1.96. The number of pyridine rings is 1. The summed E-state index contributed by atoms with van der Waals surface area (Å²) in [5, 5.41) is 10.5. The molecule has 0 spiro atoms. The van der Waals surface area contributed by atoms with Gasteiger partial charge in [-0.15, -0.1) is 0 Å². The van der Waals surface area contributed by atoms with Crippen LogP contribution in [0.1, 0.15) is 43.4 Å². The number of aliphatic hydroxyl groups is 1. The van der Waals surface area contributed by atoms with Crippen molar-refractivity contribution in [3.05, 3.63) is 23.4 Å². The molecule has 1 aliphatic rings. The van der Waals surface area contributed by atoms with Gasteiger partial charge in [0.2, 0.25) is 0 Å². The number of anilines is 1. The molecule has 0 aliphatic carbocycles. The van der Waals surface area contributed by atoms with Gasteiger partial charge in [-0.25, -0.2) is 4.98 Å². The minimum Gasteiger partial charge on any atom is -0.385 e.